The molecule has 0 radical (unpaired) electrons. The van der Waals surface area contributed by atoms with Gasteiger partial charge in [-0.1, -0.05) is 35.0 Å². The molecule has 0 saturated heterocycles. The molecule has 1 aliphatic rings. The molecule has 0 spiro atoms. The van der Waals surface area contributed by atoms with Gasteiger partial charge >= 0.3 is 0 Å². The van der Waals surface area contributed by atoms with Crippen LogP contribution < -0.4 is 5.73 Å². The Hall–Kier alpha value is -0.340. The second kappa shape index (κ2) is 3.10. The van der Waals surface area contributed by atoms with Gasteiger partial charge in [0.15, 0.2) is 0 Å². The van der Waals surface area contributed by atoms with Gasteiger partial charge in [0, 0.05) is 15.9 Å². The van der Waals surface area contributed by atoms with E-state index in [0.29, 0.717) is 11.5 Å². The smallest absolute Gasteiger partial charge is 0.0175 e. The fourth-order valence-electron chi connectivity index (χ4n) is 2.06. The molecule has 1 aromatic rings. The molecule has 2 rings (SSSR count). The normalized spacial score (nSPS) is 31.8. The van der Waals surface area contributed by atoms with E-state index in [1.54, 1.807) is 0 Å². The molecular formula is C11H14BrN. The Bertz CT molecular complexity index is 302. The van der Waals surface area contributed by atoms with Crippen LogP contribution in [0.25, 0.3) is 0 Å². The molecule has 2 heteroatoms. The van der Waals surface area contributed by atoms with Gasteiger partial charge < -0.3 is 5.73 Å². The minimum Gasteiger partial charge on any atom is -0.327 e. The van der Waals surface area contributed by atoms with Crippen LogP contribution in [-0.4, -0.2) is 6.04 Å². The van der Waals surface area contributed by atoms with E-state index in [4.69, 9.17) is 5.73 Å². The summed E-state index contributed by atoms with van der Waals surface area (Å²) < 4.78 is 1.14. The van der Waals surface area contributed by atoms with Crippen LogP contribution in [-0.2, 0) is 5.41 Å². The predicted octanol–water partition coefficient (Wildman–Crippen LogP) is 2.83. The number of hydrogen-bond acceptors (Lipinski definition) is 1. The van der Waals surface area contributed by atoms with E-state index >= 15 is 0 Å². The lowest BCUT2D eigenvalue weighted by Crippen LogP contribution is -2.17. The van der Waals surface area contributed by atoms with Crippen LogP contribution in [0.3, 0.4) is 0 Å². The van der Waals surface area contributed by atoms with Crippen LogP contribution in [0.2, 0.25) is 0 Å². The van der Waals surface area contributed by atoms with Gasteiger partial charge in [0.25, 0.3) is 0 Å². The monoisotopic (exact) mass is 239 g/mol. The van der Waals surface area contributed by atoms with E-state index in [2.05, 4.69) is 47.1 Å². The van der Waals surface area contributed by atoms with Crippen molar-refractivity contribution < 1.29 is 0 Å². The van der Waals surface area contributed by atoms with Crippen molar-refractivity contribution in [1.29, 1.82) is 0 Å². The highest BCUT2D eigenvalue weighted by Gasteiger charge is 2.51. The number of halogens is 1. The largest absolute Gasteiger partial charge is 0.327 e. The first kappa shape index (κ1) is 9.22. The maximum atomic E-state index is 5.97. The summed E-state index contributed by atoms with van der Waals surface area (Å²) >= 11 is 3.44. The average Bonchev–Trinajstić information content (AvgIpc) is 2.79. The zero-order chi connectivity index (χ0) is 9.47. The van der Waals surface area contributed by atoms with E-state index in [0.717, 1.165) is 17.3 Å². The predicted molar refractivity (Wildman–Crippen MR) is 58.7 cm³/mol. The Morgan fingerprint density at radius 3 is 2.38 bits per heavy atom. The molecule has 1 aliphatic carbocycles. The molecule has 1 saturated carbocycles. The lowest BCUT2D eigenvalue weighted by molar-refractivity contribution is 0.634. The maximum absolute atomic E-state index is 5.97. The van der Waals surface area contributed by atoms with Gasteiger partial charge in [-0.2, -0.15) is 0 Å². The zero-order valence-electron chi connectivity index (χ0n) is 7.76. The molecule has 0 amide bonds. The van der Waals surface area contributed by atoms with Crippen molar-refractivity contribution in [2.45, 2.75) is 31.2 Å². The topological polar surface area (TPSA) is 26.0 Å². The quantitative estimate of drug-likeness (QED) is 0.845. The van der Waals surface area contributed by atoms with E-state index in [9.17, 15) is 0 Å². The van der Waals surface area contributed by atoms with Crippen molar-refractivity contribution in [3.63, 3.8) is 0 Å². The van der Waals surface area contributed by atoms with Gasteiger partial charge in [0.05, 0.1) is 0 Å². The molecule has 1 nitrogen and oxygen atoms in total. The summed E-state index contributed by atoms with van der Waals surface area (Å²) in [5, 5.41) is 0. The van der Waals surface area contributed by atoms with Crippen molar-refractivity contribution in [3.8, 4) is 0 Å². The van der Waals surface area contributed by atoms with Crippen molar-refractivity contribution >= 4 is 15.9 Å². The van der Waals surface area contributed by atoms with E-state index < -0.39 is 0 Å². The highest BCUT2D eigenvalue weighted by molar-refractivity contribution is 9.10. The van der Waals surface area contributed by atoms with Crippen molar-refractivity contribution in [2.24, 2.45) is 5.73 Å². The maximum Gasteiger partial charge on any atom is 0.0175 e. The summed E-state index contributed by atoms with van der Waals surface area (Å²) in [7, 11) is 0. The third-order valence-electron chi connectivity index (χ3n) is 3.18. The van der Waals surface area contributed by atoms with E-state index in [1.165, 1.54) is 5.56 Å². The highest BCUT2D eigenvalue weighted by Crippen LogP contribution is 2.49. The zero-order valence-corrected chi connectivity index (χ0v) is 9.34. The first-order valence-corrected chi connectivity index (χ1v) is 5.50. The van der Waals surface area contributed by atoms with Crippen LogP contribution in [0.15, 0.2) is 28.7 Å². The molecule has 2 atom stereocenters. The lowest BCUT2D eigenvalue weighted by atomic mass is 9.92. The Morgan fingerprint density at radius 1 is 1.46 bits per heavy atom. The van der Waals surface area contributed by atoms with Gasteiger partial charge in [-0.15, -0.1) is 0 Å². The molecule has 0 unspecified atom stereocenters. The molecule has 1 aromatic carbocycles. The molecule has 2 N–H and O–H groups in total. The first-order chi connectivity index (χ1) is 6.19. The van der Waals surface area contributed by atoms with Gasteiger partial charge in [-0.3, -0.25) is 0 Å². The molecule has 0 heterocycles. The lowest BCUT2D eigenvalue weighted by Gasteiger charge is -2.13. The molecular weight excluding hydrogens is 226 g/mol. The van der Waals surface area contributed by atoms with Gasteiger partial charge in [0.1, 0.15) is 0 Å². The first-order valence-electron chi connectivity index (χ1n) is 4.70. The van der Waals surface area contributed by atoms with E-state index in [-0.39, 0.29) is 0 Å². The number of nitrogens with two attached hydrogens (primary N) is 1. The Labute approximate surface area is 87.5 Å². The summed E-state index contributed by atoms with van der Waals surface area (Å²) in [5.41, 5.74) is 7.66. The number of rotatable bonds is 2. The highest BCUT2D eigenvalue weighted by atomic mass is 79.9. The molecule has 13 heavy (non-hydrogen) atoms. The van der Waals surface area contributed by atoms with E-state index in [1.807, 2.05) is 0 Å². The van der Waals surface area contributed by atoms with Crippen LogP contribution >= 0.6 is 15.9 Å². The van der Waals surface area contributed by atoms with Crippen LogP contribution in [0.5, 0.6) is 0 Å². The Balaban J connectivity index is 2.31. The molecule has 1 fully saturated rings. The minimum atomic E-state index is 0.292. The van der Waals surface area contributed by atoms with Crippen molar-refractivity contribution in [2.75, 3.05) is 0 Å². The molecule has 0 aliphatic heterocycles. The summed E-state index contributed by atoms with van der Waals surface area (Å²) in [6, 6.07) is 8.93. The number of benzene rings is 1. The van der Waals surface area contributed by atoms with Gasteiger partial charge in [-0.25, -0.2) is 0 Å². The Morgan fingerprint density at radius 2 is 2.00 bits per heavy atom. The van der Waals surface area contributed by atoms with Crippen LogP contribution in [0.4, 0.5) is 0 Å². The fourth-order valence-corrected chi connectivity index (χ4v) is 2.32. The van der Waals surface area contributed by atoms with Gasteiger partial charge in [0.2, 0.25) is 0 Å². The third kappa shape index (κ3) is 1.42. The van der Waals surface area contributed by atoms with Crippen LogP contribution in [0, 0.1) is 0 Å². The summed E-state index contributed by atoms with van der Waals surface area (Å²) in [6.07, 6.45) is 2.29. The Kier molecular flexibility index (Phi) is 2.20. The number of hydrogen-bond donors (Lipinski definition) is 1. The fraction of sp³-hybridized carbons (Fsp3) is 0.455. The average molecular weight is 240 g/mol. The second-order valence-corrected chi connectivity index (χ2v) is 4.74. The van der Waals surface area contributed by atoms with Gasteiger partial charge in [-0.05, 0) is 30.5 Å². The standard InChI is InChI=1S/C11H14BrN/c1-2-11(7-10(11)13)8-3-5-9(12)6-4-8/h3-6,10H,2,7,13H2,1H3/t10-,11+/m0/s1. The molecule has 0 bridgehead atoms. The summed E-state index contributed by atoms with van der Waals surface area (Å²) in [5.74, 6) is 0. The minimum absolute atomic E-state index is 0.292. The third-order valence-corrected chi connectivity index (χ3v) is 3.71. The summed E-state index contributed by atoms with van der Waals surface area (Å²) in [6.45, 7) is 2.22. The van der Waals surface area contributed by atoms with Crippen molar-refractivity contribution in [3.05, 3.63) is 34.3 Å². The summed E-state index contributed by atoms with van der Waals surface area (Å²) in [4.78, 5) is 0. The SMILES string of the molecule is CC[C@]1(c2ccc(Br)cc2)C[C@@H]1N. The molecule has 70 valence electrons. The second-order valence-electron chi connectivity index (χ2n) is 3.83. The molecule has 0 aromatic heterocycles. The van der Waals surface area contributed by atoms with Crippen molar-refractivity contribution in [1.82, 2.24) is 0 Å². The van der Waals surface area contributed by atoms with Crippen LogP contribution in [0.1, 0.15) is 25.3 Å².